The van der Waals surface area contributed by atoms with Gasteiger partial charge in [0.05, 0.1) is 17.5 Å². The molecule has 0 aliphatic heterocycles. The van der Waals surface area contributed by atoms with E-state index in [0.717, 1.165) is 29.7 Å². The second-order valence-corrected chi connectivity index (χ2v) is 5.99. The van der Waals surface area contributed by atoms with Gasteiger partial charge >= 0.3 is 0 Å². The Morgan fingerprint density at radius 2 is 1.63 bits per heavy atom. The molecule has 1 heterocycles. The lowest BCUT2D eigenvalue weighted by Crippen LogP contribution is -2.24. The molecule has 2 aromatic carbocycles. The standard InChI is InChI=1S/C21H16F2N2O2/c22-17-7-5-14(6-8-17)9-20-19(10-18(23)12-24-20)21(27)25-11-15-1-3-16(13-26)4-2-15/h1-8,10,12-13H,9,11H2,(H,25,27). The van der Waals surface area contributed by atoms with Gasteiger partial charge in [0.1, 0.15) is 17.9 Å². The lowest BCUT2D eigenvalue weighted by Gasteiger charge is -2.10. The molecule has 1 aromatic heterocycles. The fourth-order valence-electron chi connectivity index (χ4n) is 2.59. The van der Waals surface area contributed by atoms with Crippen LogP contribution in [0.4, 0.5) is 8.78 Å². The summed E-state index contributed by atoms with van der Waals surface area (Å²) in [6.07, 6.45) is 2.06. The van der Waals surface area contributed by atoms with Crippen LogP contribution >= 0.6 is 0 Å². The third kappa shape index (κ3) is 4.82. The number of hydrogen-bond acceptors (Lipinski definition) is 3. The zero-order valence-corrected chi connectivity index (χ0v) is 14.3. The summed E-state index contributed by atoms with van der Waals surface area (Å²) in [6.45, 7) is 0.227. The van der Waals surface area contributed by atoms with Crippen molar-refractivity contribution in [2.75, 3.05) is 0 Å². The summed E-state index contributed by atoms with van der Waals surface area (Å²) in [5.41, 5.74) is 2.63. The van der Waals surface area contributed by atoms with Crippen LogP contribution in [0, 0.1) is 11.6 Å². The van der Waals surface area contributed by atoms with Crippen molar-refractivity contribution in [2.45, 2.75) is 13.0 Å². The lowest BCUT2D eigenvalue weighted by molar-refractivity contribution is 0.0948. The summed E-state index contributed by atoms with van der Waals surface area (Å²) in [5, 5.41) is 2.72. The number of halogens is 2. The predicted octanol–water partition coefficient (Wildman–Crippen LogP) is 3.69. The van der Waals surface area contributed by atoms with E-state index in [4.69, 9.17) is 0 Å². The van der Waals surface area contributed by atoms with Crippen molar-refractivity contribution in [2.24, 2.45) is 0 Å². The van der Waals surface area contributed by atoms with Crippen LogP contribution in [0.5, 0.6) is 0 Å². The molecule has 0 spiro atoms. The Morgan fingerprint density at radius 1 is 0.963 bits per heavy atom. The van der Waals surface area contributed by atoms with E-state index in [-0.39, 0.29) is 24.3 Å². The van der Waals surface area contributed by atoms with Gasteiger partial charge in [-0.1, -0.05) is 36.4 Å². The topological polar surface area (TPSA) is 59.1 Å². The minimum atomic E-state index is -0.613. The van der Waals surface area contributed by atoms with Crippen LogP contribution in [0.25, 0.3) is 0 Å². The Balaban J connectivity index is 1.75. The van der Waals surface area contributed by atoms with Crippen molar-refractivity contribution >= 4 is 12.2 Å². The Hall–Kier alpha value is -3.41. The molecule has 4 nitrogen and oxygen atoms in total. The van der Waals surface area contributed by atoms with E-state index >= 15 is 0 Å². The summed E-state index contributed by atoms with van der Waals surface area (Å²) < 4.78 is 26.7. The van der Waals surface area contributed by atoms with Crippen LogP contribution in [0.3, 0.4) is 0 Å². The van der Waals surface area contributed by atoms with Crippen LogP contribution in [-0.4, -0.2) is 17.2 Å². The number of aromatic nitrogens is 1. The van der Waals surface area contributed by atoms with Gasteiger partial charge in [0.25, 0.3) is 5.91 Å². The zero-order chi connectivity index (χ0) is 19.2. The molecule has 1 N–H and O–H groups in total. The molecule has 0 unspecified atom stereocenters. The molecule has 1 amide bonds. The van der Waals surface area contributed by atoms with Crippen molar-refractivity contribution in [1.82, 2.24) is 10.3 Å². The molecule has 0 saturated heterocycles. The predicted molar refractivity (Wildman–Crippen MR) is 96.4 cm³/mol. The molecule has 0 saturated carbocycles. The Labute approximate surface area is 154 Å². The highest BCUT2D eigenvalue weighted by atomic mass is 19.1. The molecule has 27 heavy (non-hydrogen) atoms. The number of pyridine rings is 1. The average molecular weight is 366 g/mol. The number of nitrogens with one attached hydrogen (secondary N) is 1. The average Bonchev–Trinajstić information content (AvgIpc) is 2.69. The van der Waals surface area contributed by atoms with Gasteiger partial charge in [-0.05, 0) is 29.3 Å². The first-order chi connectivity index (χ1) is 13.0. The lowest BCUT2D eigenvalue weighted by atomic mass is 10.0. The summed E-state index contributed by atoms with van der Waals surface area (Å²) in [6, 6.07) is 13.7. The van der Waals surface area contributed by atoms with Crippen LogP contribution in [0.15, 0.2) is 60.8 Å². The minimum Gasteiger partial charge on any atom is -0.348 e. The van der Waals surface area contributed by atoms with Gasteiger partial charge in [0, 0.05) is 18.5 Å². The quantitative estimate of drug-likeness (QED) is 0.677. The fourth-order valence-corrected chi connectivity index (χ4v) is 2.59. The highest BCUT2D eigenvalue weighted by Crippen LogP contribution is 2.15. The first-order valence-corrected chi connectivity index (χ1v) is 8.26. The van der Waals surface area contributed by atoms with Crippen LogP contribution < -0.4 is 5.32 Å². The van der Waals surface area contributed by atoms with Gasteiger partial charge in [-0.25, -0.2) is 8.78 Å². The second kappa shape index (κ2) is 8.31. The van der Waals surface area contributed by atoms with E-state index in [1.807, 2.05) is 0 Å². The third-order valence-corrected chi connectivity index (χ3v) is 4.04. The second-order valence-electron chi connectivity index (χ2n) is 5.99. The first kappa shape index (κ1) is 18.4. The molecule has 0 bridgehead atoms. The monoisotopic (exact) mass is 366 g/mol. The van der Waals surface area contributed by atoms with Gasteiger partial charge in [-0.2, -0.15) is 0 Å². The van der Waals surface area contributed by atoms with E-state index in [0.29, 0.717) is 11.3 Å². The largest absolute Gasteiger partial charge is 0.348 e. The SMILES string of the molecule is O=Cc1ccc(CNC(=O)c2cc(F)cnc2Cc2ccc(F)cc2)cc1. The maximum absolute atomic E-state index is 13.6. The molecule has 3 aromatic rings. The maximum atomic E-state index is 13.6. The Kier molecular flexibility index (Phi) is 5.66. The number of benzene rings is 2. The van der Waals surface area contributed by atoms with Crippen LogP contribution in [0.1, 0.15) is 37.5 Å². The van der Waals surface area contributed by atoms with Crippen molar-refractivity contribution in [3.63, 3.8) is 0 Å². The van der Waals surface area contributed by atoms with E-state index < -0.39 is 11.7 Å². The molecule has 3 rings (SSSR count). The fraction of sp³-hybridized carbons (Fsp3) is 0.0952. The molecule has 0 radical (unpaired) electrons. The van der Waals surface area contributed by atoms with Gasteiger partial charge in [-0.3, -0.25) is 14.6 Å². The zero-order valence-electron chi connectivity index (χ0n) is 14.3. The molecule has 0 aliphatic rings. The van der Waals surface area contributed by atoms with Crippen molar-refractivity contribution < 1.29 is 18.4 Å². The number of amides is 1. The van der Waals surface area contributed by atoms with Crippen LogP contribution in [0.2, 0.25) is 0 Å². The van der Waals surface area contributed by atoms with E-state index in [1.54, 1.807) is 36.4 Å². The van der Waals surface area contributed by atoms with Crippen LogP contribution in [-0.2, 0) is 13.0 Å². The highest BCUT2D eigenvalue weighted by molar-refractivity contribution is 5.95. The number of carbonyl (C=O) groups is 2. The molecule has 0 fully saturated rings. The summed E-state index contributed by atoms with van der Waals surface area (Å²) >= 11 is 0. The number of hydrogen-bond donors (Lipinski definition) is 1. The van der Waals surface area contributed by atoms with Crippen molar-refractivity contribution in [1.29, 1.82) is 0 Å². The normalized spacial score (nSPS) is 10.4. The van der Waals surface area contributed by atoms with Crippen molar-refractivity contribution in [3.8, 4) is 0 Å². The molecular weight excluding hydrogens is 350 g/mol. The number of rotatable bonds is 6. The summed E-state index contributed by atoms with van der Waals surface area (Å²) in [4.78, 5) is 27.2. The third-order valence-electron chi connectivity index (χ3n) is 4.04. The number of nitrogens with zero attached hydrogens (tertiary/aromatic N) is 1. The van der Waals surface area contributed by atoms with Gasteiger partial charge < -0.3 is 5.32 Å². The van der Waals surface area contributed by atoms with E-state index in [2.05, 4.69) is 10.3 Å². The molecule has 6 heteroatoms. The summed E-state index contributed by atoms with van der Waals surface area (Å²) in [5.74, 6) is -1.43. The smallest absolute Gasteiger partial charge is 0.253 e. The molecule has 0 atom stereocenters. The van der Waals surface area contributed by atoms with Gasteiger partial charge in [-0.15, -0.1) is 0 Å². The van der Waals surface area contributed by atoms with Gasteiger partial charge in [0.15, 0.2) is 0 Å². The number of carbonyl (C=O) groups excluding carboxylic acids is 2. The summed E-state index contributed by atoms with van der Waals surface area (Å²) in [7, 11) is 0. The highest BCUT2D eigenvalue weighted by Gasteiger charge is 2.14. The van der Waals surface area contributed by atoms with E-state index in [1.165, 1.54) is 12.1 Å². The Morgan fingerprint density at radius 3 is 2.30 bits per heavy atom. The maximum Gasteiger partial charge on any atom is 0.253 e. The Bertz CT molecular complexity index is 955. The van der Waals surface area contributed by atoms with E-state index in [9.17, 15) is 18.4 Å². The first-order valence-electron chi connectivity index (χ1n) is 8.26. The molecule has 0 aliphatic carbocycles. The minimum absolute atomic E-state index is 0.129. The number of aldehydes is 1. The molecular formula is C21H16F2N2O2. The van der Waals surface area contributed by atoms with Crippen molar-refractivity contribution in [3.05, 3.63) is 100 Å². The molecule has 136 valence electrons. The van der Waals surface area contributed by atoms with Gasteiger partial charge in [0.2, 0.25) is 0 Å².